The van der Waals surface area contributed by atoms with Gasteiger partial charge in [0.15, 0.2) is 11.5 Å². The summed E-state index contributed by atoms with van der Waals surface area (Å²) in [6.45, 7) is 8.95. The Hall–Kier alpha value is -1.94. The Morgan fingerprint density at radius 1 is 1.24 bits per heavy atom. The molecule has 0 fully saturated rings. The minimum atomic E-state index is -0.896. The van der Waals surface area contributed by atoms with E-state index in [1.807, 2.05) is 38.1 Å². The highest BCUT2D eigenvalue weighted by Gasteiger charge is 2.24. The van der Waals surface area contributed by atoms with Gasteiger partial charge in [-0.2, -0.15) is 0 Å². The SMILES string of the molecule is Cc1noc(-c2ccc(C(C)(C)O)cc2)c1C(=O)C(C)C. The summed E-state index contributed by atoms with van der Waals surface area (Å²) >= 11 is 0. The average Bonchev–Trinajstić information content (AvgIpc) is 2.78. The highest BCUT2D eigenvalue weighted by atomic mass is 16.5. The number of Topliss-reactive ketones (excluding diaryl/α,β-unsaturated/α-hetero) is 1. The van der Waals surface area contributed by atoms with Crippen molar-refractivity contribution < 1.29 is 14.4 Å². The van der Waals surface area contributed by atoms with Gasteiger partial charge in [0.1, 0.15) is 0 Å². The van der Waals surface area contributed by atoms with Gasteiger partial charge in [-0.1, -0.05) is 43.3 Å². The molecule has 1 aromatic carbocycles. The summed E-state index contributed by atoms with van der Waals surface area (Å²) < 4.78 is 5.34. The van der Waals surface area contributed by atoms with Gasteiger partial charge in [0.2, 0.25) is 0 Å². The highest BCUT2D eigenvalue weighted by molar-refractivity contribution is 6.03. The molecule has 0 unspecified atom stereocenters. The molecule has 2 rings (SSSR count). The zero-order valence-corrected chi connectivity index (χ0v) is 13.1. The maximum atomic E-state index is 12.3. The molecule has 0 saturated heterocycles. The maximum absolute atomic E-state index is 12.3. The van der Waals surface area contributed by atoms with Crippen molar-refractivity contribution in [2.45, 2.75) is 40.2 Å². The van der Waals surface area contributed by atoms with E-state index in [9.17, 15) is 9.90 Å². The number of aliphatic hydroxyl groups is 1. The van der Waals surface area contributed by atoms with Crippen molar-refractivity contribution in [1.29, 1.82) is 0 Å². The minimum Gasteiger partial charge on any atom is -0.386 e. The third kappa shape index (κ3) is 3.05. The number of hydrogen-bond donors (Lipinski definition) is 1. The van der Waals surface area contributed by atoms with Gasteiger partial charge in [-0.25, -0.2) is 0 Å². The summed E-state index contributed by atoms with van der Waals surface area (Å²) in [4.78, 5) is 12.3. The minimum absolute atomic E-state index is 0.0234. The number of aryl methyl sites for hydroxylation is 1. The zero-order valence-electron chi connectivity index (χ0n) is 13.1. The number of benzene rings is 1. The monoisotopic (exact) mass is 287 g/mol. The largest absolute Gasteiger partial charge is 0.386 e. The van der Waals surface area contributed by atoms with Gasteiger partial charge < -0.3 is 9.63 Å². The van der Waals surface area contributed by atoms with Crippen LogP contribution in [0.1, 0.15) is 49.3 Å². The van der Waals surface area contributed by atoms with E-state index in [2.05, 4.69) is 5.16 Å². The second kappa shape index (κ2) is 5.45. The van der Waals surface area contributed by atoms with Crippen molar-refractivity contribution in [3.63, 3.8) is 0 Å². The van der Waals surface area contributed by atoms with Gasteiger partial charge in [-0.15, -0.1) is 0 Å². The van der Waals surface area contributed by atoms with E-state index in [1.54, 1.807) is 20.8 Å². The van der Waals surface area contributed by atoms with Crippen LogP contribution in [0.25, 0.3) is 11.3 Å². The van der Waals surface area contributed by atoms with Gasteiger partial charge in [0, 0.05) is 11.5 Å². The maximum Gasteiger partial charge on any atom is 0.177 e. The molecule has 1 aromatic heterocycles. The molecule has 0 spiro atoms. The van der Waals surface area contributed by atoms with Gasteiger partial charge in [-0.05, 0) is 26.3 Å². The number of carbonyl (C=O) groups is 1. The van der Waals surface area contributed by atoms with Crippen molar-refractivity contribution in [3.8, 4) is 11.3 Å². The molecule has 0 atom stereocenters. The predicted molar refractivity (Wildman–Crippen MR) is 81.1 cm³/mol. The summed E-state index contributed by atoms with van der Waals surface area (Å²) in [5, 5.41) is 13.9. The second-order valence-corrected chi connectivity index (χ2v) is 6.13. The first-order valence-corrected chi connectivity index (χ1v) is 7.05. The summed E-state index contributed by atoms with van der Waals surface area (Å²) in [7, 11) is 0. The van der Waals surface area contributed by atoms with Crippen LogP contribution in [0.15, 0.2) is 28.8 Å². The number of aromatic nitrogens is 1. The molecular formula is C17H21NO3. The van der Waals surface area contributed by atoms with Crippen LogP contribution in [0, 0.1) is 12.8 Å². The summed E-state index contributed by atoms with van der Waals surface area (Å²) in [6.07, 6.45) is 0. The predicted octanol–water partition coefficient (Wildman–Crippen LogP) is 3.72. The van der Waals surface area contributed by atoms with E-state index in [4.69, 9.17) is 4.52 Å². The topological polar surface area (TPSA) is 63.3 Å². The molecule has 0 aliphatic heterocycles. The Kier molecular flexibility index (Phi) is 4.01. The Morgan fingerprint density at radius 2 is 1.81 bits per heavy atom. The lowest BCUT2D eigenvalue weighted by Crippen LogP contribution is -2.15. The van der Waals surface area contributed by atoms with Crippen LogP contribution < -0.4 is 0 Å². The van der Waals surface area contributed by atoms with Crippen LogP contribution >= 0.6 is 0 Å². The molecule has 0 radical (unpaired) electrons. The van der Waals surface area contributed by atoms with Crippen molar-refractivity contribution in [3.05, 3.63) is 41.1 Å². The van der Waals surface area contributed by atoms with E-state index in [0.29, 0.717) is 17.0 Å². The number of hydrogen-bond acceptors (Lipinski definition) is 4. The fourth-order valence-corrected chi connectivity index (χ4v) is 2.18. The Morgan fingerprint density at radius 3 is 2.29 bits per heavy atom. The molecule has 2 aromatic rings. The van der Waals surface area contributed by atoms with E-state index in [-0.39, 0.29) is 11.7 Å². The van der Waals surface area contributed by atoms with Crippen LogP contribution in [0.4, 0.5) is 0 Å². The number of carbonyl (C=O) groups excluding carboxylic acids is 1. The number of rotatable bonds is 4. The lowest BCUT2D eigenvalue weighted by molar-refractivity contribution is 0.0786. The van der Waals surface area contributed by atoms with Gasteiger partial charge in [-0.3, -0.25) is 4.79 Å². The van der Waals surface area contributed by atoms with Crippen molar-refractivity contribution in [2.24, 2.45) is 5.92 Å². The average molecular weight is 287 g/mol. The van der Waals surface area contributed by atoms with Crippen LogP contribution in [0.3, 0.4) is 0 Å². The van der Waals surface area contributed by atoms with Gasteiger partial charge in [0.05, 0.1) is 16.9 Å². The standard InChI is InChI=1S/C17H21NO3/c1-10(2)15(19)14-11(3)18-21-16(14)12-6-8-13(9-7-12)17(4,5)20/h6-10,20H,1-5H3. The third-order valence-electron chi connectivity index (χ3n) is 3.49. The molecule has 0 amide bonds. The first-order chi connectivity index (χ1) is 9.71. The van der Waals surface area contributed by atoms with E-state index in [1.165, 1.54) is 0 Å². The first kappa shape index (κ1) is 15.4. The normalized spacial score (nSPS) is 12.0. The van der Waals surface area contributed by atoms with Crippen molar-refractivity contribution in [1.82, 2.24) is 5.16 Å². The quantitative estimate of drug-likeness (QED) is 0.871. The Labute approximate surface area is 124 Å². The Bertz CT molecular complexity index is 646. The number of ketones is 1. The van der Waals surface area contributed by atoms with E-state index >= 15 is 0 Å². The summed E-state index contributed by atoms with van der Waals surface area (Å²) in [6, 6.07) is 7.34. The molecule has 1 heterocycles. The molecule has 112 valence electrons. The second-order valence-electron chi connectivity index (χ2n) is 6.13. The van der Waals surface area contributed by atoms with Crippen molar-refractivity contribution in [2.75, 3.05) is 0 Å². The zero-order chi connectivity index (χ0) is 15.8. The summed E-state index contributed by atoms with van der Waals surface area (Å²) in [5.41, 5.74) is 1.84. The van der Waals surface area contributed by atoms with Crippen LogP contribution in [-0.4, -0.2) is 16.0 Å². The molecule has 0 aliphatic rings. The van der Waals surface area contributed by atoms with Crippen LogP contribution in [0.5, 0.6) is 0 Å². The van der Waals surface area contributed by atoms with E-state index < -0.39 is 5.60 Å². The smallest absolute Gasteiger partial charge is 0.177 e. The molecule has 1 N–H and O–H groups in total. The fourth-order valence-electron chi connectivity index (χ4n) is 2.18. The van der Waals surface area contributed by atoms with Crippen molar-refractivity contribution >= 4 is 5.78 Å². The third-order valence-corrected chi connectivity index (χ3v) is 3.49. The molecule has 4 nitrogen and oxygen atoms in total. The van der Waals surface area contributed by atoms with Crippen LogP contribution in [0.2, 0.25) is 0 Å². The number of nitrogens with zero attached hydrogens (tertiary/aromatic N) is 1. The van der Waals surface area contributed by atoms with E-state index in [0.717, 1.165) is 11.1 Å². The van der Waals surface area contributed by atoms with Gasteiger partial charge in [0.25, 0.3) is 0 Å². The molecule has 0 aliphatic carbocycles. The molecule has 0 saturated carbocycles. The summed E-state index contributed by atoms with van der Waals surface area (Å²) in [5.74, 6) is 0.404. The Balaban J connectivity index is 2.46. The van der Waals surface area contributed by atoms with Crippen LogP contribution in [-0.2, 0) is 5.60 Å². The highest BCUT2D eigenvalue weighted by Crippen LogP contribution is 2.30. The molecule has 4 heteroatoms. The lowest BCUT2D eigenvalue weighted by Gasteiger charge is -2.17. The molecular weight excluding hydrogens is 266 g/mol. The first-order valence-electron chi connectivity index (χ1n) is 7.05. The lowest BCUT2D eigenvalue weighted by atomic mass is 9.94. The fraction of sp³-hybridized carbons (Fsp3) is 0.412. The van der Waals surface area contributed by atoms with Gasteiger partial charge >= 0.3 is 0 Å². The molecule has 21 heavy (non-hydrogen) atoms. The molecule has 0 bridgehead atoms.